The third-order valence-electron chi connectivity index (χ3n) is 6.67. The number of anilines is 3. The Kier molecular flexibility index (Phi) is 4.86. The molecular formula is C27H28N6. The summed E-state index contributed by atoms with van der Waals surface area (Å²) in [6.45, 7) is 6.04. The van der Waals surface area contributed by atoms with Gasteiger partial charge in [-0.3, -0.25) is 5.10 Å². The van der Waals surface area contributed by atoms with Crippen LogP contribution in [0.4, 0.5) is 17.6 Å². The van der Waals surface area contributed by atoms with E-state index < -0.39 is 0 Å². The van der Waals surface area contributed by atoms with E-state index in [1.807, 2.05) is 18.2 Å². The lowest BCUT2D eigenvalue weighted by molar-refractivity contribution is 0.800. The van der Waals surface area contributed by atoms with Crippen LogP contribution in [0.1, 0.15) is 47.6 Å². The van der Waals surface area contributed by atoms with Crippen molar-refractivity contribution in [2.45, 2.75) is 39.0 Å². The number of H-pyrrole nitrogens is 1. The summed E-state index contributed by atoms with van der Waals surface area (Å²) in [5.41, 5.74) is 7.55. The average molecular weight is 437 g/mol. The summed E-state index contributed by atoms with van der Waals surface area (Å²) in [6.07, 6.45) is 5.79. The second kappa shape index (κ2) is 8.03. The molecule has 0 radical (unpaired) electrons. The van der Waals surface area contributed by atoms with E-state index >= 15 is 0 Å². The van der Waals surface area contributed by atoms with Gasteiger partial charge in [0.2, 0.25) is 5.95 Å². The Labute approximate surface area is 193 Å². The third kappa shape index (κ3) is 3.97. The fourth-order valence-corrected chi connectivity index (χ4v) is 4.70. The fraction of sp³-hybridized carbons (Fsp3) is 0.296. The van der Waals surface area contributed by atoms with Crippen molar-refractivity contribution < 1.29 is 0 Å². The molecule has 0 unspecified atom stereocenters. The number of hydrogen-bond donors (Lipinski definition) is 2. The number of rotatable bonds is 5. The summed E-state index contributed by atoms with van der Waals surface area (Å²) >= 11 is 0. The summed E-state index contributed by atoms with van der Waals surface area (Å²) in [5.74, 6) is 3.00. The lowest BCUT2D eigenvalue weighted by Crippen LogP contribution is -2.30. The van der Waals surface area contributed by atoms with E-state index in [1.165, 1.54) is 40.8 Å². The number of benzene rings is 2. The number of para-hydroxylation sites is 1. The first-order valence-electron chi connectivity index (χ1n) is 11.7. The zero-order valence-electron chi connectivity index (χ0n) is 19.1. The van der Waals surface area contributed by atoms with Crippen LogP contribution in [-0.4, -0.2) is 33.3 Å². The van der Waals surface area contributed by atoms with Crippen LogP contribution in [-0.2, 0) is 0 Å². The maximum absolute atomic E-state index is 4.94. The molecule has 4 aromatic rings. The molecular weight excluding hydrogens is 408 g/mol. The van der Waals surface area contributed by atoms with Crippen molar-refractivity contribution in [3.05, 3.63) is 77.0 Å². The van der Waals surface area contributed by atoms with Crippen molar-refractivity contribution >= 4 is 34.1 Å². The number of nitrogens with one attached hydrogen (secondary N) is 2. The summed E-state index contributed by atoms with van der Waals surface area (Å²) in [6, 6.07) is 17.0. The first-order chi connectivity index (χ1) is 16.1. The summed E-state index contributed by atoms with van der Waals surface area (Å²) in [7, 11) is 0. The third-order valence-corrected chi connectivity index (χ3v) is 6.67. The van der Waals surface area contributed by atoms with Gasteiger partial charge in [-0.2, -0.15) is 10.1 Å². The highest BCUT2D eigenvalue weighted by Crippen LogP contribution is 2.40. The maximum Gasteiger partial charge on any atom is 0.228 e. The molecule has 6 heteroatoms. The fourth-order valence-electron chi connectivity index (χ4n) is 4.70. The topological polar surface area (TPSA) is 69.7 Å². The molecule has 0 saturated heterocycles. The average Bonchev–Trinajstić information content (AvgIpc) is 3.58. The van der Waals surface area contributed by atoms with Crippen LogP contribution in [0.2, 0.25) is 0 Å². The van der Waals surface area contributed by atoms with Crippen molar-refractivity contribution in [1.82, 2.24) is 20.2 Å². The van der Waals surface area contributed by atoms with Crippen molar-refractivity contribution in [2.75, 3.05) is 23.3 Å². The van der Waals surface area contributed by atoms with Crippen LogP contribution >= 0.6 is 0 Å². The molecule has 1 aliphatic carbocycles. The summed E-state index contributed by atoms with van der Waals surface area (Å²) < 4.78 is 0. The number of aromatic nitrogens is 4. The molecule has 1 fully saturated rings. The van der Waals surface area contributed by atoms with Gasteiger partial charge >= 0.3 is 0 Å². The number of hydrogen-bond acceptors (Lipinski definition) is 5. The van der Waals surface area contributed by atoms with E-state index in [-0.39, 0.29) is 0 Å². The Morgan fingerprint density at radius 3 is 2.70 bits per heavy atom. The normalized spacial score (nSPS) is 16.2. The number of aryl methyl sites for hydroxylation is 2. The predicted molar refractivity (Wildman–Crippen MR) is 134 cm³/mol. The summed E-state index contributed by atoms with van der Waals surface area (Å²) in [5, 5.41) is 12.1. The lowest BCUT2D eigenvalue weighted by atomic mass is 9.94. The van der Waals surface area contributed by atoms with Gasteiger partial charge in [0.25, 0.3) is 0 Å². The molecule has 0 amide bonds. The van der Waals surface area contributed by atoms with Gasteiger partial charge in [0.05, 0.1) is 5.52 Å². The maximum atomic E-state index is 4.94. The standard InChI is InChI=1S/C27H28N6/c1-17-7-10-21(18(2)15-17)19-11-13-33(14-12-19)27-28-23-6-4-3-5-22(23)26(30-27)29-25-16-24(31-32-25)20-8-9-20/h3-7,10-11,15-16,20H,8-9,12-14H2,1-2H3,(H2,28,29,30,31,32). The van der Waals surface area contributed by atoms with E-state index in [4.69, 9.17) is 9.97 Å². The molecule has 0 spiro atoms. The molecule has 0 atom stereocenters. The first kappa shape index (κ1) is 20.0. The number of nitrogens with zero attached hydrogens (tertiary/aromatic N) is 4. The van der Waals surface area contributed by atoms with Crippen LogP contribution in [0.3, 0.4) is 0 Å². The molecule has 1 aliphatic heterocycles. The van der Waals surface area contributed by atoms with Gasteiger partial charge in [-0.15, -0.1) is 0 Å². The molecule has 0 bridgehead atoms. The van der Waals surface area contributed by atoms with Crippen LogP contribution in [0, 0.1) is 13.8 Å². The zero-order valence-corrected chi connectivity index (χ0v) is 19.1. The molecule has 3 heterocycles. The van der Waals surface area contributed by atoms with E-state index in [2.05, 4.69) is 70.7 Å². The quantitative estimate of drug-likeness (QED) is 0.409. The van der Waals surface area contributed by atoms with Crippen molar-refractivity contribution in [3.8, 4) is 0 Å². The minimum Gasteiger partial charge on any atom is -0.337 e. The lowest BCUT2D eigenvalue weighted by Gasteiger charge is -2.27. The summed E-state index contributed by atoms with van der Waals surface area (Å²) in [4.78, 5) is 12.1. The number of aromatic amines is 1. The van der Waals surface area contributed by atoms with E-state index in [0.29, 0.717) is 5.92 Å². The molecule has 6 nitrogen and oxygen atoms in total. The van der Waals surface area contributed by atoms with Gasteiger partial charge < -0.3 is 10.2 Å². The molecule has 2 N–H and O–H groups in total. The van der Waals surface area contributed by atoms with Crippen LogP contribution in [0.5, 0.6) is 0 Å². The molecule has 6 rings (SSSR count). The largest absolute Gasteiger partial charge is 0.337 e. The molecule has 2 aromatic heterocycles. The highest BCUT2D eigenvalue weighted by molar-refractivity contribution is 5.91. The second-order valence-electron chi connectivity index (χ2n) is 9.24. The monoisotopic (exact) mass is 436 g/mol. The Morgan fingerprint density at radius 2 is 1.91 bits per heavy atom. The van der Waals surface area contributed by atoms with Gasteiger partial charge in [-0.25, -0.2) is 4.98 Å². The van der Waals surface area contributed by atoms with Crippen molar-refractivity contribution in [3.63, 3.8) is 0 Å². The van der Waals surface area contributed by atoms with Crippen LogP contribution in [0.25, 0.3) is 16.5 Å². The Bertz CT molecular complexity index is 1360. The van der Waals surface area contributed by atoms with Gasteiger partial charge in [-0.1, -0.05) is 42.0 Å². The van der Waals surface area contributed by atoms with E-state index in [9.17, 15) is 0 Å². The van der Waals surface area contributed by atoms with Gasteiger partial charge in [0.15, 0.2) is 5.82 Å². The molecule has 1 saturated carbocycles. The van der Waals surface area contributed by atoms with Crippen molar-refractivity contribution in [1.29, 1.82) is 0 Å². The Morgan fingerprint density at radius 1 is 1.03 bits per heavy atom. The van der Waals surface area contributed by atoms with Gasteiger partial charge in [-0.05, 0) is 61.9 Å². The minimum atomic E-state index is 0.636. The minimum absolute atomic E-state index is 0.636. The molecule has 2 aliphatic rings. The van der Waals surface area contributed by atoms with E-state index in [0.717, 1.165) is 48.0 Å². The van der Waals surface area contributed by atoms with E-state index in [1.54, 1.807) is 0 Å². The molecule has 33 heavy (non-hydrogen) atoms. The predicted octanol–water partition coefficient (Wildman–Crippen LogP) is 5.88. The van der Waals surface area contributed by atoms with Crippen LogP contribution < -0.4 is 10.2 Å². The van der Waals surface area contributed by atoms with Crippen molar-refractivity contribution in [2.24, 2.45) is 0 Å². The SMILES string of the molecule is Cc1ccc(C2=CCN(c3nc(Nc4cc(C5CC5)[nH]n4)c4ccccc4n3)CC2)c(C)c1. The first-order valence-corrected chi connectivity index (χ1v) is 11.7. The Hall–Kier alpha value is -3.67. The highest BCUT2D eigenvalue weighted by Gasteiger charge is 2.26. The smallest absolute Gasteiger partial charge is 0.228 e. The van der Waals surface area contributed by atoms with Crippen LogP contribution in [0.15, 0.2) is 54.6 Å². The van der Waals surface area contributed by atoms with Gasteiger partial charge in [0.1, 0.15) is 5.82 Å². The Balaban J connectivity index is 1.29. The zero-order chi connectivity index (χ0) is 22.4. The highest BCUT2D eigenvalue weighted by atomic mass is 15.3. The second-order valence-corrected chi connectivity index (χ2v) is 9.24. The van der Waals surface area contributed by atoms with Gasteiger partial charge in [0, 0.05) is 36.2 Å². The molecule has 2 aromatic carbocycles. The molecule has 166 valence electrons. The number of fused-ring (bicyclic) bond motifs is 1.